The molecule has 0 unspecified atom stereocenters. The molecule has 16 heavy (non-hydrogen) atoms. The van der Waals surface area contributed by atoms with Crippen molar-refractivity contribution in [1.82, 2.24) is 20.5 Å². The summed E-state index contributed by atoms with van der Waals surface area (Å²) in [6.07, 6.45) is 1.42. The van der Waals surface area contributed by atoms with Gasteiger partial charge in [0, 0.05) is 4.88 Å². The number of thiophene rings is 1. The Bertz CT molecular complexity index is 386. The molecule has 0 radical (unpaired) electrons. The zero-order valence-corrected chi connectivity index (χ0v) is 9.98. The minimum atomic E-state index is -0.00481. The topological polar surface area (TPSA) is 70.7 Å². The van der Waals surface area contributed by atoms with Crippen LogP contribution < -0.4 is 5.32 Å². The minimum Gasteiger partial charge on any atom is -0.350 e. The fourth-order valence-electron chi connectivity index (χ4n) is 1.05. The maximum Gasteiger partial charge on any atom is 0.230 e. The number of aromatic amines is 1. The molecule has 0 aromatic carbocycles. The average molecular weight is 254 g/mol. The third kappa shape index (κ3) is 3.35. The molecule has 0 aliphatic rings. The number of thioether (sulfide) groups is 1. The number of nitrogens with zero attached hydrogens (tertiary/aromatic N) is 2. The van der Waals surface area contributed by atoms with E-state index in [0.717, 1.165) is 4.88 Å². The molecule has 84 valence electrons. The first-order valence-electron chi connectivity index (χ1n) is 4.62. The first kappa shape index (κ1) is 11.2. The number of nitrogens with one attached hydrogen (secondary N) is 2. The number of hydrogen-bond donors (Lipinski definition) is 2. The molecule has 0 fully saturated rings. The number of rotatable bonds is 5. The highest BCUT2D eigenvalue weighted by Gasteiger charge is 2.04. The molecule has 2 rings (SSSR count). The van der Waals surface area contributed by atoms with Crippen molar-refractivity contribution in [3.8, 4) is 0 Å². The number of carbonyl (C=O) groups excluding carboxylic acids is 1. The summed E-state index contributed by atoms with van der Waals surface area (Å²) in [4.78, 5) is 16.5. The maximum atomic E-state index is 11.4. The first-order valence-corrected chi connectivity index (χ1v) is 6.48. The van der Waals surface area contributed by atoms with Crippen molar-refractivity contribution < 1.29 is 4.79 Å². The Labute approximate surface area is 101 Å². The molecule has 2 aromatic heterocycles. The van der Waals surface area contributed by atoms with E-state index in [1.807, 2.05) is 17.5 Å². The zero-order valence-electron chi connectivity index (χ0n) is 8.34. The highest BCUT2D eigenvalue weighted by molar-refractivity contribution is 7.99. The van der Waals surface area contributed by atoms with Crippen LogP contribution in [0.15, 0.2) is 29.0 Å². The van der Waals surface area contributed by atoms with Gasteiger partial charge in [-0.15, -0.1) is 11.3 Å². The smallest absolute Gasteiger partial charge is 0.230 e. The molecule has 0 saturated heterocycles. The number of H-pyrrole nitrogens is 1. The molecule has 2 heterocycles. The van der Waals surface area contributed by atoms with Gasteiger partial charge in [-0.3, -0.25) is 9.89 Å². The summed E-state index contributed by atoms with van der Waals surface area (Å²) in [6.45, 7) is 0.591. The Morgan fingerprint density at radius 2 is 2.56 bits per heavy atom. The van der Waals surface area contributed by atoms with Gasteiger partial charge in [-0.25, -0.2) is 4.98 Å². The van der Waals surface area contributed by atoms with Crippen LogP contribution in [0.3, 0.4) is 0 Å². The Hall–Kier alpha value is -1.34. The summed E-state index contributed by atoms with van der Waals surface area (Å²) in [6, 6.07) is 3.96. The van der Waals surface area contributed by atoms with Crippen LogP contribution in [0.25, 0.3) is 0 Å². The highest BCUT2D eigenvalue weighted by Crippen LogP contribution is 2.10. The van der Waals surface area contributed by atoms with Gasteiger partial charge in [0.05, 0.1) is 12.3 Å². The number of carbonyl (C=O) groups is 1. The normalized spacial score (nSPS) is 10.2. The van der Waals surface area contributed by atoms with Gasteiger partial charge >= 0.3 is 0 Å². The van der Waals surface area contributed by atoms with Crippen molar-refractivity contribution in [3.63, 3.8) is 0 Å². The van der Waals surface area contributed by atoms with Crippen LogP contribution in [0.2, 0.25) is 0 Å². The Kier molecular flexibility index (Phi) is 3.95. The minimum absolute atomic E-state index is 0.00481. The summed E-state index contributed by atoms with van der Waals surface area (Å²) in [7, 11) is 0. The molecule has 7 heteroatoms. The van der Waals surface area contributed by atoms with Gasteiger partial charge in [0.15, 0.2) is 5.16 Å². The molecule has 2 aromatic rings. The van der Waals surface area contributed by atoms with E-state index >= 15 is 0 Å². The highest BCUT2D eigenvalue weighted by atomic mass is 32.2. The zero-order chi connectivity index (χ0) is 11.2. The molecular formula is C9H10N4OS2. The summed E-state index contributed by atoms with van der Waals surface area (Å²) in [5.41, 5.74) is 0. The predicted octanol–water partition coefficient (Wildman–Crippen LogP) is 1.27. The van der Waals surface area contributed by atoms with Crippen LogP contribution >= 0.6 is 23.1 Å². The van der Waals surface area contributed by atoms with Crippen molar-refractivity contribution in [2.75, 3.05) is 5.75 Å². The fraction of sp³-hybridized carbons (Fsp3) is 0.222. The van der Waals surface area contributed by atoms with Crippen molar-refractivity contribution in [2.24, 2.45) is 0 Å². The van der Waals surface area contributed by atoms with E-state index in [9.17, 15) is 4.79 Å². The van der Waals surface area contributed by atoms with Crippen LogP contribution in [-0.4, -0.2) is 26.8 Å². The molecule has 2 N–H and O–H groups in total. The molecule has 0 spiro atoms. The van der Waals surface area contributed by atoms with Crippen molar-refractivity contribution in [1.29, 1.82) is 0 Å². The number of aromatic nitrogens is 3. The second kappa shape index (κ2) is 5.66. The van der Waals surface area contributed by atoms with Gasteiger partial charge in [-0.05, 0) is 11.4 Å². The van der Waals surface area contributed by atoms with E-state index in [2.05, 4.69) is 20.5 Å². The van der Waals surface area contributed by atoms with E-state index < -0.39 is 0 Å². The third-order valence-electron chi connectivity index (χ3n) is 1.77. The third-order valence-corrected chi connectivity index (χ3v) is 3.53. The second-order valence-electron chi connectivity index (χ2n) is 2.94. The summed E-state index contributed by atoms with van der Waals surface area (Å²) < 4.78 is 0. The van der Waals surface area contributed by atoms with E-state index in [1.54, 1.807) is 11.3 Å². The lowest BCUT2D eigenvalue weighted by molar-refractivity contribution is -0.118. The average Bonchev–Trinajstić information content (AvgIpc) is 2.96. The fourth-order valence-corrected chi connectivity index (χ4v) is 2.30. The monoisotopic (exact) mass is 254 g/mol. The van der Waals surface area contributed by atoms with Crippen molar-refractivity contribution >= 4 is 29.0 Å². The van der Waals surface area contributed by atoms with Gasteiger partial charge in [0.2, 0.25) is 5.91 Å². The molecule has 0 saturated carbocycles. The van der Waals surface area contributed by atoms with Gasteiger partial charge in [0.25, 0.3) is 0 Å². The Morgan fingerprint density at radius 1 is 1.62 bits per heavy atom. The van der Waals surface area contributed by atoms with Crippen LogP contribution in [0, 0.1) is 0 Å². The van der Waals surface area contributed by atoms with Crippen LogP contribution in [0.1, 0.15) is 4.88 Å². The molecule has 0 aliphatic carbocycles. The quantitative estimate of drug-likeness (QED) is 0.788. The predicted molar refractivity (Wildman–Crippen MR) is 63.3 cm³/mol. The van der Waals surface area contributed by atoms with Gasteiger partial charge in [-0.1, -0.05) is 17.8 Å². The largest absolute Gasteiger partial charge is 0.350 e. The lowest BCUT2D eigenvalue weighted by atomic mass is 10.4. The summed E-state index contributed by atoms with van der Waals surface area (Å²) in [5.74, 6) is 0.343. The number of hydrogen-bond acceptors (Lipinski definition) is 5. The summed E-state index contributed by atoms with van der Waals surface area (Å²) in [5, 5.41) is 11.9. The Balaban J connectivity index is 1.69. The summed E-state index contributed by atoms with van der Waals surface area (Å²) >= 11 is 2.97. The van der Waals surface area contributed by atoms with Gasteiger partial charge < -0.3 is 5.32 Å². The molecule has 0 bridgehead atoms. The van der Waals surface area contributed by atoms with E-state index in [1.165, 1.54) is 18.1 Å². The first-order chi connectivity index (χ1) is 7.84. The Morgan fingerprint density at radius 3 is 3.25 bits per heavy atom. The van der Waals surface area contributed by atoms with Gasteiger partial charge in [-0.2, -0.15) is 5.10 Å². The molecule has 5 nitrogen and oxygen atoms in total. The lowest BCUT2D eigenvalue weighted by Crippen LogP contribution is -2.24. The van der Waals surface area contributed by atoms with Crippen molar-refractivity contribution in [3.05, 3.63) is 28.7 Å². The van der Waals surface area contributed by atoms with Crippen LogP contribution in [0.4, 0.5) is 0 Å². The molecule has 0 aliphatic heterocycles. The molecular weight excluding hydrogens is 244 g/mol. The second-order valence-corrected chi connectivity index (χ2v) is 4.93. The van der Waals surface area contributed by atoms with Crippen LogP contribution in [-0.2, 0) is 11.3 Å². The maximum absolute atomic E-state index is 11.4. The van der Waals surface area contributed by atoms with E-state index in [-0.39, 0.29) is 5.91 Å². The lowest BCUT2D eigenvalue weighted by Gasteiger charge is -2.01. The van der Waals surface area contributed by atoms with E-state index in [0.29, 0.717) is 17.5 Å². The standard InChI is InChI=1S/C9H10N4OS2/c14-8(5-16-9-11-6-12-13-9)10-4-7-2-1-3-15-7/h1-3,6H,4-5H2,(H,10,14)(H,11,12,13). The van der Waals surface area contributed by atoms with Crippen LogP contribution in [0.5, 0.6) is 0 Å². The molecule has 1 amide bonds. The SMILES string of the molecule is O=C(CSc1ncn[nH]1)NCc1cccs1. The van der Waals surface area contributed by atoms with Gasteiger partial charge in [0.1, 0.15) is 6.33 Å². The molecule has 0 atom stereocenters. The van der Waals surface area contributed by atoms with E-state index in [4.69, 9.17) is 0 Å². The number of amides is 1. The van der Waals surface area contributed by atoms with Crippen molar-refractivity contribution in [2.45, 2.75) is 11.7 Å².